The van der Waals surface area contributed by atoms with Crippen LogP contribution in [-0.2, 0) is 11.0 Å². The van der Waals surface area contributed by atoms with E-state index >= 15 is 0 Å². The first-order valence-electron chi connectivity index (χ1n) is 13.4. The van der Waals surface area contributed by atoms with E-state index < -0.39 is 11.7 Å². The smallest absolute Gasteiger partial charge is 0.391 e. The largest absolute Gasteiger partial charge is 1.00 e. The van der Waals surface area contributed by atoms with Crippen molar-refractivity contribution in [3.63, 3.8) is 0 Å². The van der Waals surface area contributed by atoms with Gasteiger partial charge in [-0.25, -0.2) is 0 Å². The molecule has 2 radical (unpaired) electrons. The number of benzene rings is 2. The molecule has 1 aliphatic rings. The number of carbonyl (C=O) groups excluding carboxylic acids is 1. The Morgan fingerprint density at radius 2 is 1.47 bits per heavy atom. The molecule has 0 amide bonds. The monoisotopic (exact) mass is 667 g/mol. The Morgan fingerprint density at radius 1 is 1.00 bits per heavy atom. The molecule has 1 saturated carbocycles. The van der Waals surface area contributed by atoms with Crippen LogP contribution in [0.1, 0.15) is 77.8 Å². The third-order valence-electron chi connectivity index (χ3n) is 4.58. The number of rotatable bonds is 5. The average molecular weight is 668 g/mol. The van der Waals surface area contributed by atoms with E-state index in [4.69, 9.17) is 7.85 Å². The summed E-state index contributed by atoms with van der Waals surface area (Å²) in [6.07, 6.45) is 11.4. The van der Waals surface area contributed by atoms with Crippen molar-refractivity contribution in [2.75, 3.05) is 0 Å². The van der Waals surface area contributed by atoms with Gasteiger partial charge in [0.15, 0.2) is 0 Å². The predicted molar refractivity (Wildman–Crippen MR) is 170 cm³/mol. The zero-order valence-corrected chi connectivity index (χ0v) is 37.4. The molecule has 0 aromatic heterocycles. The molecule has 0 heterocycles. The number of allylic oxidation sites excluding steroid dienone is 5. The van der Waals surface area contributed by atoms with E-state index in [2.05, 4.69) is 47.3 Å². The average Bonchev–Trinajstić information content (AvgIpc) is 3.77. The van der Waals surface area contributed by atoms with E-state index in [1.54, 1.807) is 43.6 Å². The van der Waals surface area contributed by atoms with Crippen LogP contribution in [0, 0.1) is 39.7 Å². The van der Waals surface area contributed by atoms with Crippen LogP contribution >= 0.6 is 0 Å². The van der Waals surface area contributed by atoms with Gasteiger partial charge in [0.1, 0.15) is 7.85 Å². The minimum Gasteiger partial charge on any atom is -0.391 e. The van der Waals surface area contributed by atoms with Gasteiger partial charge in [0, 0.05) is 5.56 Å². The first-order valence-corrected chi connectivity index (χ1v) is 13.4. The fraction of sp³-hybridized carbons (Fsp3) is 0.343. The Morgan fingerprint density at radius 3 is 1.79 bits per heavy atom. The van der Waals surface area contributed by atoms with Crippen molar-refractivity contribution in [2.45, 2.75) is 72.9 Å². The molecule has 0 aliphatic heterocycles. The Labute approximate surface area is 391 Å². The van der Waals surface area contributed by atoms with Crippen LogP contribution < -0.4 is 160 Å². The first-order chi connectivity index (χ1) is 18.9. The molecule has 2 aromatic carbocycles. The van der Waals surface area contributed by atoms with Crippen LogP contribution in [0.2, 0.25) is 0 Å². The molecule has 8 heteroatoms. The maximum absolute atomic E-state index is 12.6. The quantitative estimate of drug-likeness (QED) is 0.202. The second-order valence-electron chi connectivity index (χ2n) is 8.28. The summed E-state index contributed by atoms with van der Waals surface area (Å²) >= 11 is 0. The molecule has 0 N–H and O–H groups in total. The molecular weight excluding hydrogens is 621 g/mol. The molecule has 1 aliphatic carbocycles. The van der Waals surface area contributed by atoms with E-state index in [1.165, 1.54) is 31.4 Å². The van der Waals surface area contributed by atoms with Crippen LogP contribution in [0.3, 0.4) is 0 Å². The molecular formula is C35H46BF3K3O-3. The molecule has 43 heavy (non-hydrogen) atoms. The molecule has 3 rings (SSSR count). The predicted octanol–water partition coefficient (Wildman–Crippen LogP) is 1.06. The summed E-state index contributed by atoms with van der Waals surface area (Å²) in [5, 5.41) is 0. The minimum absolute atomic E-state index is 0. The van der Waals surface area contributed by atoms with Gasteiger partial charge >= 0.3 is 160 Å². The van der Waals surface area contributed by atoms with Gasteiger partial charge in [-0.2, -0.15) is 63.6 Å². The van der Waals surface area contributed by atoms with Crippen LogP contribution in [-0.4, -0.2) is 14.1 Å². The van der Waals surface area contributed by atoms with Gasteiger partial charge in [-0.15, -0.1) is 11.6 Å². The summed E-state index contributed by atoms with van der Waals surface area (Å²) in [7, 11) is 5.55. The third-order valence-corrected chi connectivity index (χ3v) is 4.58. The molecule has 0 spiro atoms. The fourth-order valence-electron chi connectivity index (χ4n) is 2.48. The molecule has 1 nitrogen and oxygen atoms in total. The van der Waals surface area contributed by atoms with Crippen molar-refractivity contribution in [2.24, 2.45) is 5.92 Å². The number of hydrogen-bond donors (Lipinski definition) is 0. The summed E-state index contributed by atoms with van der Waals surface area (Å²) in [6.45, 7) is 27.2. The molecule has 0 saturated heterocycles. The van der Waals surface area contributed by atoms with Crippen LogP contribution in [0.25, 0.3) is 11.1 Å². The van der Waals surface area contributed by atoms with Gasteiger partial charge < -0.3 is 25.6 Å². The Bertz CT molecular complexity index is 967. The minimum atomic E-state index is -4.35. The van der Waals surface area contributed by atoms with Crippen molar-refractivity contribution in [3.05, 3.63) is 118 Å². The zero-order valence-electron chi connectivity index (χ0n) is 28.0. The van der Waals surface area contributed by atoms with Gasteiger partial charge in [0.05, 0.1) is 0 Å². The number of alkyl halides is 3. The van der Waals surface area contributed by atoms with E-state index in [9.17, 15) is 18.0 Å². The molecule has 2 aromatic rings. The Hall–Kier alpha value is 1.96. The molecule has 0 unspecified atom stereocenters. The summed E-state index contributed by atoms with van der Waals surface area (Å²) in [4.78, 5) is 9.78. The molecule has 222 valence electrons. The fourth-order valence-corrected chi connectivity index (χ4v) is 2.48. The SMILES string of the molecule is C=C([C-]=O)C=[C-]/C=C\C.CCC1CC1.[B]c1ccc(-c2cc(C(F)(F)F)ccc2[CH2-])cc1.[CH2-]C.[CH2-]CC.[CH2-]CC.[K+].[K+].[K+]. The maximum atomic E-state index is 12.6. The Balaban J connectivity index is -0.000000116. The van der Waals surface area contributed by atoms with Crippen LogP contribution in [0.4, 0.5) is 13.2 Å². The second-order valence-corrected chi connectivity index (χ2v) is 8.28. The van der Waals surface area contributed by atoms with Gasteiger partial charge in [-0.3, -0.25) is 24.3 Å². The van der Waals surface area contributed by atoms with Crippen LogP contribution in [0.5, 0.6) is 0 Å². The van der Waals surface area contributed by atoms with Crippen molar-refractivity contribution < 1.29 is 172 Å². The summed E-state index contributed by atoms with van der Waals surface area (Å²) in [5.41, 5.74) is 1.88. The normalized spacial score (nSPS) is 10.8. The topological polar surface area (TPSA) is 17.1 Å². The standard InChI is InChI=1S/C14H9BF3.C8H8O.C5H10.2C3H7.C2H5.3K/c1-9-2-5-11(14(16,17)18)8-13(9)10-3-6-12(15)7-4-10;1-3-4-5-6-8(2)7-9;1-2-5-3-4-5;2*1-3-2;1-2;;;/h2-8H,1H2;3-4,6H,2H2,1H3;5H,2-4H2,1H3;2*1,3H2,2H3;1H2,2H3;;;/q-1;-2;;3*-1;3*+1/b;4-3-;;;;;;;. The molecule has 1 fully saturated rings. The van der Waals surface area contributed by atoms with Gasteiger partial charge in [-0.1, -0.05) is 88.3 Å². The van der Waals surface area contributed by atoms with Gasteiger partial charge in [0.25, 0.3) is 0 Å². The maximum Gasteiger partial charge on any atom is 1.00 e. The van der Waals surface area contributed by atoms with Crippen LogP contribution in [0.15, 0.2) is 72.8 Å². The van der Waals surface area contributed by atoms with E-state index in [0.717, 1.165) is 30.9 Å². The molecule has 0 bridgehead atoms. The summed E-state index contributed by atoms with van der Waals surface area (Å²) < 4.78 is 37.9. The molecule has 0 atom stereocenters. The van der Waals surface area contributed by atoms with Gasteiger partial charge in [-0.05, 0) is 12.2 Å². The summed E-state index contributed by atoms with van der Waals surface area (Å²) in [5.74, 6) is 1.13. The second kappa shape index (κ2) is 38.4. The van der Waals surface area contributed by atoms with E-state index in [0.29, 0.717) is 27.7 Å². The van der Waals surface area contributed by atoms with E-state index in [-0.39, 0.29) is 154 Å². The van der Waals surface area contributed by atoms with E-state index in [1.807, 2.05) is 26.8 Å². The van der Waals surface area contributed by atoms with Gasteiger partial charge in [0.2, 0.25) is 0 Å². The number of hydrogen-bond acceptors (Lipinski definition) is 1. The van der Waals surface area contributed by atoms with Crippen molar-refractivity contribution in [1.82, 2.24) is 0 Å². The Kier molecular flexibility index (Phi) is 51.1. The number of halogens is 3. The van der Waals surface area contributed by atoms with Crippen molar-refractivity contribution in [3.8, 4) is 11.1 Å². The van der Waals surface area contributed by atoms with Crippen molar-refractivity contribution >= 4 is 19.6 Å². The van der Waals surface area contributed by atoms with Crippen molar-refractivity contribution in [1.29, 1.82) is 0 Å². The third kappa shape index (κ3) is 35.1. The first kappa shape index (κ1) is 57.2. The zero-order chi connectivity index (χ0) is 31.6. The summed E-state index contributed by atoms with van der Waals surface area (Å²) in [6, 6.07) is 10.2.